The number of nitrogens with zero attached hydrogens (tertiary/aromatic N) is 6. The van der Waals surface area contributed by atoms with Crippen molar-refractivity contribution < 1.29 is 19.2 Å². The molecule has 2 aliphatic rings. The van der Waals surface area contributed by atoms with Crippen molar-refractivity contribution in [2.45, 2.75) is 10.1 Å². The molecule has 0 bridgehead atoms. The summed E-state index contributed by atoms with van der Waals surface area (Å²) in [6.07, 6.45) is 7.37. The summed E-state index contributed by atoms with van der Waals surface area (Å²) in [4.78, 5) is 67.6. The molecule has 2 aromatic heterocycles. The number of hydrogen-bond acceptors (Lipinski definition) is 12. The molecule has 0 saturated carbocycles. The van der Waals surface area contributed by atoms with Gasteiger partial charge in [0.1, 0.15) is 32.8 Å². The van der Waals surface area contributed by atoms with E-state index in [0.717, 1.165) is 55.7 Å². The molecular formula is C20H8N6O4S4. The second kappa shape index (κ2) is 10.1. The van der Waals surface area contributed by atoms with Crippen LogP contribution in [0.4, 0.5) is 22.7 Å². The van der Waals surface area contributed by atoms with Gasteiger partial charge in [-0.2, -0.15) is 9.98 Å². The average Bonchev–Trinajstić information content (AvgIpc) is 3.33. The molecule has 2 aromatic rings. The first kappa shape index (κ1) is 23.5. The van der Waals surface area contributed by atoms with E-state index in [1.54, 1.807) is 0 Å². The van der Waals surface area contributed by atoms with Gasteiger partial charge < -0.3 is 0 Å². The molecule has 34 heavy (non-hydrogen) atoms. The normalized spacial score (nSPS) is 14.6. The van der Waals surface area contributed by atoms with Crippen LogP contribution in [0.5, 0.6) is 0 Å². The highest BCUT2D eigenvalue weighted by Gasteiger charge is 2.33. The maximum absolute atomic E-state index is 12.3. The fourth-order valence-electron chi connectivity index (χ4n) is 2.99. The SMILES string of the molecule is O=C1C=CC(=O)N1c1c(N=C=S)ccnc1SSc1nccc(N=C=S)c1N1C(=O)C=CC1=O. The summed E-state index contributed by atoms with van der Waals surface area (Å²) < 4.78 is 0. The minimum absolute atomic E-state index is 0.113. The van der Waals surface area contributed by atoms with E-state index in [1.807, 2.05) is 0 Å². The van der Waals surface area contributed by atoms with Crippen LogP contribution in [0.25, 0.3) is 0 Å². The third kappa shape index (κ3) is 4.41. The van der Waals surface area contributed by atoms with Crippen LogP contribution in [0.1, 0.15) is 0 Å². The Labute approximate surface area is 210 Å². The summed E-state index contributed by atoms with van der Waals surface area (Å²) in [5.74, 6) is -2.27. The smallest absolute Gasteiger partial charge is 0.258 e. The summed E-state index contributed by atoms with van der Waals surface area (Å²) in [6.45, 7) is 0. The molecular weight excluding hydrogens is 517 g/mol. The molecule has 0 unspecified atom stereocenters. The molecule has 4 amide bonds. The number of rotatable bonds is 7. The van der Waals surface area contributed by atoms with Crippen LogP contribution in [0.3, 0.4) is 0 Å². The van der Waals surface area contributed by atoms with E-state index in [2.05, 4.69) is 54.7 Å². The number of thiocarbonyl (C=S) groups is 2. The van der Waals surface area contributed by atoms with Crippen LogP contribution in [-0.2, 0) is 19.2 Å². The molecule has 14 heteroatoms. The topological polar surface area (TPSA) is 125 Å². The second-order valence-corrected chi connectivity index (χ2v) is 8.70. The van der Waals surface area contributed by atoms with E-state index < -0.39 is 23.6 Å². The zero-order valence-electron chi connectivity index (χ0n) is 16.6. The van der Waals surface area contributed by atoms with Gasteiger partial charge in [0.15, 0.2) is 0 Å². The molecule has 2 aliphatic heterocycles. The Hall–Kier alpha value is -3.64. The Kier molecular flexibility index (Phi) is 6.98. The van der Waals surface area contributed by atoms with Crippen molar-refractivity contribution in [2.75, 3.05) is 9.80 Å². The first-order valence-corrected chi connectivity index (χ1v) is 12.0. The van der Waals surface area contributed by atoms with Gasteiger partial charge in [-0.3, -0.25) is 19.2 Å². The van der Waals surface area contributed by atoms with Crippen molar-refractivity contribution in [1.29, 1.82) is 0 Å². The minimum atomic E-state index is -0.568. The van der Waals surface area contributed by atoms with Crippen molar-refractivity contribution in [3.05, 3.63) is 48.8 Å². The van der Waals surface area contributed by atoms with E-state index in [4.69, 9.17) is 0 Å². The maximum atomic E-state index is 12.3. The van der Waals surface area contributed by atoms with Crippen LogP contribution < -0.4 is 9.80 Å². The lowest BCUT2D eigenvalue weighted by molar-refractivity contribution is -0.121. The van der Waals surface area contributed by atoms with Crippen LogP contribution in [0.15, 0.2) is 68.9 Å². The number of isothiocyanates is 2. The summed E-state index contributed by atoms with van der Waals surface area (Å²) in [5, 5.41) is 4.91. The fourth-order valence-corrected chi connectivity index (χ4v) is 5.31. The van der Waals surface area contributed by atoms with Gasteiger partial charge in [0.25, 0.3) is 23.6 Å². The molecule has 4 heterocycles. The zero-order chi connectivity index (χ0) is 24.2. The summed E-state index contributed by atoms with van der Waals surface area (Å²) in [7, 11) is 2.05. The van der Waals surface area contributed by atoms with Gasteiger partial charge in [0, 0.05) is 36.7 Å². The molecule has 10 nitrogen and oxygen atoms in total. The van der Waals surface area contributed by atoms with Crippen molar-refractivity contribution >= 4 is 103 Å². The number of imide groups is 2. The maximum Gasteiger partial charge on any atom is 0.258 e. The Morgan fingerprint density at radius 1 is 0.676 bits per heavy atom. The van der Waals surface area contributed by atoms with Crippen LogP contribution in [-0.4, -0.2) is 43.9 Å². The Morgan fingerprint density at radius 2 is 1.03 bits per heavy atom. The van der Waals surface area contributed by atoms with Gasteiger partial charge in [-0.1, -0.05) is 0 Å². The molecule has 4 rings (SSSR count). The van der Waals surface area contributed by atoms with Crippen molar-refractivity contribution in [1.82, 2.24) is 9.97 Å². The Balaban J connectivity index is 1.77. The van der Waals surface area contributed by atoms with Gasteiger partial charge in [-0.05, 0) is 58.2 Å². The number of anilines is 2. The van der Waals surface area contributed by atoms with Crippen LogP contribution in [0, 0.1) is 0 Å². The third-order valence-corrected chi connectivity index (χ3v) is 6.71. The highest BCUT2D eigenvalue weighted by atomic mass is 33.1. The predicted octanol–water partition coefficient (Wildman–Crippen LogP) is 3.60. The predicted molar refractivity (Wildman–Crippen MR) is 133 cm³/mol. The van der Waals surface area contributed by atoms with Crippen LogP contribution >= 0.6 is 46.0 Å². The van der Waals surface area contributed by atoms with Crippen LogP contribution in [0.2, 0.25) is 0 Å². The molecule has 0 fully saturated rings. The molecule has 0 radical (unpaired) electrons. The van der Waals surface area contributed by atoms with E-state index >= 15 is 0 Å². The Bertz CT molecular complexity index is 1280. The van der Waals surface area contributed by atoms with Gasteiger partial charge in [0.05, 0.1) is 10.3 Å². The number of carbonyl (C=O) groups is 4. The average molecular weight is 525 g/mol. The molecule has 0 aromatic carbocycles. The van der Waals surface area contributed by atoms with E-state index in [9.17, 15) is 19.2 Å². The highest BCUT2D eigenvalue weighted by Crippen LogP contribution is 2.48. The first-order valence-electron chi connectivity index (χ1n) is 9.06. The first-order chi connectivity index (χ1) is 16.5. The fraction of sp³-hybridized carbons (Fsp3) is 0. The van der Waals surface area contributed by atoms with Gasteiger partial charge in [0.2, 0.25) is 0 Å². The summed E-state index contributed by atoms with van der Waals surface area (Å²) in [5.41, 5.74) is 0.642. The molecule has 0 spiro atoms. The Morgan fingerprint density at radius 3 is 1.35 bits per heavy atom. The number of hydrogen-bond donors (Lipinski definition) is 0. The van der Waals surface area contributed by atoms with Gasteiger partial charge in [-0.15, -0.1) is 0 Å². The lowest BCUT2D eigenvalue weighted by Gasteiger charge is -2.20. The summed E-state index contributed by atoms with van der Waals surface area (Å²) >= 11 is 9.38. The summed E-state index contributed by atoms with van der Waals surface area (Å²) in [6, 6.07) is 2.96. The molecule has 0 atom stereocenters. The third-order valence-electron chi connectivity index (χ3n) is 4.34. The minimum Gasteiger partial charge on any atom is -0.269 e. The molecule has 0 saturated heterocycles. The number of carbonyl (C=O) groups excluding carboxylic acids is 4. The molecule has 0 N–H and O–H groups in total. The van der Waals surface area contributed by atoms with Crippen molar-refractivity contribution in [2.24, 2.45) is 9.98 Å². The van der Waals surface area contributed by atoms with Crippen molar-refractivity contribution in [3.63, 3.8) is 0 Å². The molecule has 0 aliphatic carbocycles. The van der Waals surface area contributed by atoms with Gasteiger partial charge >= 0.3 is 0 Å². The number of aromatic nitrogens is 2. The largest absolute Gasteiger partial charge is 0.269 e. The number of pyridine rings is 2. The second-order valence-electron chi connectivity index (χ2n) is 6.23. The van der Waals surface area contributed by atoms with E-state index in [1.165, 1.54) is 24.5 Å². The number of amides is 4. The van der Waals surface area contributed by atoms with E-state index in [0.29, 0.717) is 0 Å². The monoisotopic (exact) mass is 524 g/mol. The van der Waals surface area contributed by atoms with E-state index in [-0.39, 0.29) is 32.8 Å². The highest BCUT2D eigenvalue weighted by molar-refractivity contribution is 8.76. The quantitative estimate of drug-likeness (QED) is 0.229. The lowest BCUT2D eigenvalue weighted by atomic mass is 10.3. The van der Waals surface area contributed by atoms with Gasteiger partial charge in [-0.25, -0.2) is 19.8 Å². The number of aliphatic imine (C=N–C) groups is 2. The standard InChI is InChI=1S/C20H8N6O4S4/c27-13-1-2-14(28)25(13)17-11(23-9-31)5-7-21-19(17)33-34-20-18(12(24-10-32)6-8-22-20)26-15(29)3-4-16(26)30/h1-8H. The zero-order valence-corrected chi connectivity index (χ0v) is 19.8. The lowest BCUT2D eigenvalue weighted by Crippen LogP contribution is -2.30. The van der Waals surface area contributed by atoms with Crippen molar-refractivity contribution in [3.8, 4) is 0 Å². The molecule has 166 valence electrons.